The number of thiophene rings is 1. The second-order valence-electron chi connectivity index (χ2n) is 4.90. The summed E-state index contributed by atoms with van der Waals surface area (Å²) in [4.78, 5) is 12.2. The second kappa shape index (κ2) is 6.17. The molecule has 3 N–H and O–H groups in total. The lowest BCUT2D eigenvalue weighted by atomic mass is 10.1. The average molecular weight is 273 g/mol. The summed E-state index contributed by atoms with van der Waals surface area (Å²) in [5.41, 5.74) is -0.613. The first-order chi connectivity index (χ1) is 8.33. The van der Waals surface area contributed by atoms with E-state index >= 15 is 0 Å². The van der Waals surface area contributed by atoms with Crippen LogP contribution in [0.5, 0.6) is 0 Å². The fraction of sp³-hybridized carbons (Fsp3) is 0.583. The van der Waals surface area contributed by atoms with Gasteiger partial charge in [-0.1, -0.05) is 6.07 Å². The summed E-state index contributed by atoms with van der Waals surface area (Å²) in [7, 11) is 0. The van der Waals surface area contributed by atoms with Crippen LogP contribution in [0.2, 0.25) is 0 Å². The minimum absolute atomic E-state index is 0.363. The Labute approximate surface area is 110 Å². The van der Waals surface area contributed by atoms with E-state index in [1.54, 1.807) is 32.9 Å². The highest BCUT2D eigenvalue weighted by molar-refractivity contribution is 7.10. The topological polar surface area (TPSA) is 78.8 Å². The van der Waals surface area contributed by atoms with Crippen LogP contribution in [-0.4, -0.2) is 34.6 Å². The fourth-order valence-electron chi connectivity index (χ4n) is 1.34. The van der Waals surface area contributed by atoms with Gasteiger partial charge in [-0.05, 0) is 32.2 Å². The van der Waals surface area contributed by atoms with Gasteiger partial charge in [0.15, 0.2) is 0 Å². The molecule has 0 aliphatic carbocycles. The Bertz CT molecular complexity index is 372. The molecule has 0 bridgehead atoms. The number of hydrogen-bond donors (Lipinski definition) is 3. The Balaban J connectivity index is 2.59. The number of amides is 1. The summed E-state index contributed by atoms with van der Waals surface area (Å²) in [6, 6.07) is 2.76. The molecule has 1 amide bonds. The highest BCUT2D eigenvalue weighted by atomic mass is 32.1. The Hall–Kier alpha value is -1.11. The van der Waals surface area contributed by atoms with Gasteiger partial charge in [0.25, 0.3) is 0 Å². The number of rotatable bonds is 4. The molecule has 1 rings (SSSR count). The zero-order valence-corrected chi connectivity index (χ0v) is 11.5. The van der Waals surface area contributed by atoms with Crippen LogP contribution in [0.25, 0.3) is 0 Å². The molecule has 5 nitrogen and oxygen atoms in total. The molecule has 1 aromatic heterocycles. The highest BCUT2D eigenvalue weighted by Gasteiger charge is 2.25. The van der Waals surface area contributed by atoms with Crippen molar-refractivity contribution in [2.45, 2.75) is 38.5 Å². The number of nitrogens with one attached hydrogen (secondary N) is 1. The maximum Gasteiger partial charge on any atom is 0.408 e. The van der Waals surface area contributed by atoms with E-state index < -0.39 is 23.8 Å². The predicted octanol–water partition coefficient (Wildman–Crippen LogP) is 1.67. The normalized spacial score (nSPS) is 14.9. The minimum atomic E-state index is -0.942. The van der Waals surface area contributed by atoms with Crippen LogP contribution in [-0.2, 0) is 4.74 Å². The molecular formula is C12H19NO4S. The number of aliphatic hydroxyl groups excluding tert-OH is 2. The van der Waals surface area contributed by atoms with Crippen LogP contribution in [0.1, 0.15) is 31.8 Å². The maximum atomic E-state index is 11.5. The van der Waals surface area contributed by atoms with E-state index in [4.69, 9.17) is 4.74 Å². The molecular weight excluding hydrogens is 254 g/mol. The van der Waals surface area contributed by atoms with Gasteiger partial charge in [-0.3, -0.25) is 0 Å². The van der Waals surface area contributed by atoms with Crippen molar-refractivity contribution in [1.29, 1.82) is 0 Å². The Morgan fingerprint density at radius 3 is 2.67 bits per heavy atom. The third-order valence-corrected chi connectivity index (χ3v) is 3.06. The van der Waals surface area contributed by atoms with Gasteiger partial charge in [0.05, 0.1) is 12.6 Å². The molecule has 2 unspecified atom stereocenters. The number of carbonyl (C=O) groups excluding carboxylic acids is 1. The van der Waals surface area contributed by atoms with Crippen LogP contribution < -0.4 is 5.32 Å². The summed E-state index contributed by atoms with van der Waals surface area (Å²) in [6.07, 6.45) is -1.60. The zero-order valence-electron chi connectivity index (χ0n) is 10.7. The van der Waals surface area contributed by atoms with E-state index in [9.17, 15) is 15.0 Å². The van der Waals surface area contributed by atoms with Gasteiger partial charge < -0.3 is 20.3 Å². The van der Waals surface area contributed by atoms with E-state index in [1.807, 2.05) is 5.38 Å². The third kappa shape index (κ3) is 4.64. The van der Waals surface area contributed by atoms with Crippen molar-refractivity contribution in [3.05, 3.63) is 22.4 Å². The molecule has 0 aromatic carbocycles. The van der Waals surface area contributed by atoms with Crippen LogP contribution in [0.4, 0.5) is 4.79 Å². The molecule has 6 heteroatoms. The molecule has 0 fully saturated rings. The fourth-order valence-corrected chi connectivity index (χ4v) is 2.12. The molecule has 18 heavy (non-hydrogen) atoms. The first-order valence-electron chi connectivity index (χ1n) is 5.65. The molecule has 102 valence electrons. The average Bonchev–Trinajstić information content (AvgIpc) is 2.75. The van der Waals surface area contributed by atoms with Gasteiger partial charge in [0.1, 0.15) is 11.7 Å². The van der Waals surface area contributed by atoms with E-state index in [2.05, 4.69) is 5.32 Å². The molecule has 0 spiro atoms. The quantitative estimate of drug-likeness (QED) is 0.779. The molecule has 0 aliphatic rings. The van der Waals surface area contributed by atoms with Gasteiger partial charge in [-0.15, -0.1) is 11.3 Å². The second-order valence-corrected chi connectivity index (χ2v) is 5.87. The minimum Gasteiger partial charge on any atom is -0.444 e. The largest absolute Gasteiger partial charge is 0.444 e. The van der Waals surface area contributed by atoms with Gasteiger partial charge in [0.2, 0.25) is 0 Å². The van der Waals surface area contributed by atoms with Crippen molar-refractivity contribution in [3.63, 3.8) is 0 Å². The van der Waals surface area contributed by atoms with E-state index in [1.165, 1.54) is 11.3 Å². The summed E-state index contributed by atoms with van der Waals surface area (Å²) in [5, 5.41) is 23.5. The molecule has 0 aliphatic heterocycles. The molecule has 1 heterocycles. The van der Waals surface area contributed by atoms with Gasteiger partial charge >= 0.3 is 6.09 Å². The zero-order chi connectivity index (χ0) is 13.8. The predicted molar refractivity (Wildman–Crippen MR) is 69.5 cm³/mol. The van der Waals surface area contributed by atoms with Crippen LogP contribution >= 0.6 is 11.3 Å². The monoisotopic (exact) mass is 273 g/mol. The van der Waals surface area contributed by atoms with Gasteiger partial charge in [-0.25, -0.2) is 4.79 Å². The molecule has 2 atom stereocenters. The van der Waals surface area contributed by atoms with Crippen molar-refractivity contribution in [2.75, 3.05) is 6.61 Å². The lowest BCUT2D eigenvalue weighted by Crippen LogP contribution is -2.44. The molecule has 0 radical (unpaired) electrons. The Morgan fingerprint density at radius 1 is 1.56 bits per heavy atom. The molecule has 1 aromatic rings. The van der Waals surface area contributed by atoms with Crippen LogP contribution in [0.15, 0.2) is 17.5 Å². The highest BCUT2D eigenvalue weighted by Crippen LogP contribution is 2.22. The number of aliphatic hydroxyl groups is 2. The third-order valence-electron chi connectivity index (χ3n) is 2.11. The van der Waals surface area contributed by atoms with Gasteiger partial charge in [0, 0.05) is 4.88 Å². The number of ether oxygens (including phenoxy) is 1. The van der Waals surface area contributed by atoms with Crippen molar-refractivity contribution in [1.82, 2.24) is 5.32 Å². The summed E-state index contributed by atoms with van der Waals surface area (Å²) < 4.78 is 5.07. The van der Waals surface area contributed by atoms with E-state index in [0.717, 1.165) is 0 Å². The number of hydrogen-bond acceptors (Lipinski definition) is 5. The first-order valence-corrected chi connectivity index (χ1v) is 6.53. The summed E-state index contributed by atoms with van der Waals surface area (Å²) >= 11 is 1.36. The van der Waals surface area contributed by atoms with Crippen molar-refractivity contribution in [3.8, 4) is 0 Å². The molecule has 0 saturated carbocycles. The Morgan fingerprint density at radius 2 is 2.22 bits per heavy atom. The lowest BCUT2D eigenvalue weighted by molar-refractivity contribution is 0.0355. The smallest absolute Gasteiger partial charge is 0.408 e. The van der Waals surface area contributed by atoms with E-state index in [0.29, 0.717) is 4.88 Å². The van der Waals surface area contributed by atoms with Crippen LogP contribution in [0, 0.1) is 0 Å². The lowest BCUT2D eigenvalue weighted by Gasteiger charge is -2.25. The molecule has 0 saturated heterocycles. The van der Waals surface area contributed by atoms with E-state index in [-0.39, 0.29) is 6.61 Å². The van der Waals surface area contributed by atoms with Gasteiger partial charge in [-0.2, -0.15) is 0 Å². The van der Waals surface area contributed by atoms with Crippen molar-refractivity contribution < 1.29 is 19.7 Å². The number of carbonyl (C=O) groups is 1. The standard InChI is InChI=1S/C12H19NO4S/c1-12(2,3)17-11(16)13-8(7-14)10(15)9-5-4-6-18-9/h4-6,8,10,14-15H,7H2,1-3H3,(H,13,16). The van der Waals surface area contributed by atoms with Crippen molar-refractivity contribution >= 4 is 17.4 Å². The summed E-state index contributed by atoms with van der Waals surface area (Å²) in [6.45, 7) is 4.88. The SMILES string of the molecule is CC(C)(C)OC(=O)NC(CO)C(O)c1cccs1. The number of alkyl carbamates (subject to hydrolysis) is 1. The van der Waals surface area contributed by atoms with Crippen molar-refractivity contribution in [2.24, 2.45) is 0 Å². The maximum absolute atomic E-state index is 11.5. The van der Waals surface area contributed by atoms with Crippen LogP contribution in [0.3, 0.4) is 0 Å². The summed E-state index contributed by atoms with van der Waals surface area (Å²) in [5.74, 6) is 0. The first kappa shape index (κ1) is 14.9. The Kier molecular flexibility index (Phi) is 5.13.